The van der Waals surface area contributed by atoms with Crippen molar-refractivity contribution in [3.63, 3.8) is 0 Å². The molecule has 0 fully saturated rings. The third-order valence-corrected chi connectivity index (χ3v) is 5.52. The molecule has 30 heavy (non-hydrogen) atoms. The average Bonchev–Trinajstić information content (AvgIpc) is 3.14. The number of aryl methyl sites for hydroxylation is 2. The predicted octanol–water partition coefficient (Wildman–Crippen LogP) is 4.92. The van der Waals surface area contributed by atoms with E-state index in [1.54, 1.807) is 12.1 Å². The monoisotopic (exact) mass is 428 g/mol. The van der Waals surface area contributed by atoms with Crippen LogP contribution in [0.3, 0.4) is 0 Å². The molecule has 0 radical (unpaired) electrons. The van der Waals surface area contributed by atoms with Gasteiger partial charge in [0.25, 0.3) is 0 Å². The predicted molar refractivity (Wildman–Crippen MR) is 116 cm³/mol. The van der Waals surface area contributed by atoms with E-state index in [4.69, 9.17) is 4.74 Å². The summed E-state index contributed by atoms with van der Waals surface area (Å²) >= 11 is 1.33. The highest BCUT2D eigenvalue weighted by atomic mass is 32.2. The molecule has 0 aliphatic rings. The van der Waals surface area contributed by atoms with Crippen LogP contribution in [0.4, 0.5) is 10.1 Å². The maximum Gasteiger partial charge on any atom is 0.234 e. The number of aromatic nitrogens is 3. The normalized spacial score (nSPS) is 11.9. The smallest absolute Gasteiger partial charge is 0.234 e. The van der Waals surface area contributed by atoms with E-state index in [9.17, 15) is 9.18 Å². The molecular weight excluding hydrogens is 403 g/mol. The van der Waals surface area contributed by atoms with Crippen LogP contribution in [0.15, 0.2) is 47.6 Å². The molecule has 1 N–H and O–H groups in total. The Kier molecular flexibility index (Phi) is 7.10. The van der Waals surface area contributed by atoms with Crippen LogP contribution in [-0.2, 0) is 11.3 Å². The van der Waals surface area contributed by atoms with Crippen molar-refractivity contribution in [1.29, 1.82) is 0 Å². The molecule has 0 spiro atoms. The van der Waals surface area contributed by atoms with Crippen molar-refractivity contribution in [3.8, 4) is 5.75 Å². The van der Waals surface area contributed by atoms with E-state index >= 15 is 0 Å². The van der Waals surface area contributed by atoms with Crippen molar-refractivity contribution >= 4 is 23.4 Å². The fraction of sp³-hybridized carbons (Fsp3) is 0.318. The molecule has 0 aliphatic heterocycles. The minimum atomic E-state index is -0.374. The van der Waals surface area contributed by atoms with Gasteiger partial charge in [-0.25, -0.2) is 4.39 Å². The molecule has 3 rings (SSSR count). The van der Waals surface area contributed by atoms with E-state index in [0.29, 0.717) is 23.3 Å². The van der Waals surface area contributed by atoms with Gasteiger partial charge in [-0.3, -0.25) is 4.79 Å². The van der Waals surface area contributed by atoms with Gasteiger partial charge >= 0.3 is 0 Å². The maximum atomic E-state index is 13.1. The molecule has 1 atom stereocenters. The van der Waals surface area contributed by atoms with Crippen LogP contribution in [-0.4, -0.2) is 26.4 Å². The van der Waals surface area contributed by atoms with E-state index in [1.807, 2.05) is 50.5 Å². The number of thioether (sulfide) groups is 1. The number of nitrogens with one attached hydrogen (secondary N) is 1. The Morgan fingerprint density at radius 3 is 2.63 bits per heavy atom. The first-order valence-electron chi connectivity index (χ1n) is 9.72. The number of nitrogens with zero attached hydrogens (tertiary/aromatic N) is 3. The fourth-order valence-electron chi connectivity index (χ4n) is 2.96. The van der Waals surface area contributed by atoms with Crippen molar-refractivity contribution < 1.29 is 13.9 Å². The number of rotatable bonds is 8. The number of hydrogen-bond donors (Lipinski definition) is 1. The van der Waals surface area contributed by atoms with Crippen LogP contribution in [0.1, 0.15) is 36.9 Å². The van der Waals surface area contributed by atoms with Crippen LogP contribution in [0.5, 0.6) is 5.75 Å². The second-order valence-corrected chi connectivity index (χ2v) is 7.90. The largest absolute Gasteiger partial charge is 0.483 e. The summed E-state index contributed by atoms with van der Waals surface area (Å²) in [4.78, 5) is 12.4. The SMILES string of the molecule is CCn1c(SCC(=O)Nc2cc(C)ccc2C)nnc1C(C)Oc1ccc(F)cc1. The molecule has 1 aromatic heterocycles. The molecule has 3 aromatic rings. The number of halogens is 1. The molecule has 6 nitrogen and oxygen atoms in total. The van der Waals surface area contributed by atoms with Gasteiger partial charge in [0.1, 0.15) is 11.6 Å². The molecule has 0 aliphatic carbocycles. The van der Waals surface area contributed by atoms with Gasteiger partial charge in [-0.1, -0.05) is 23.9 Å². The molecule has 2 aromatic carbocycles. The zero-order valence-corrected chi connectivity index (χ0v) is 18.3. The highest BCUT2D eigenvalue weighted by molar-refractivity contribution is 7.99. The molecular formula is C22H25FN4O2S. The summed E-state index contributed by atoms with van der Waals surface area (Å²) in [6.45, 7) is 8.44. The van der Waals surface area contributed by atoms with Crippen LogP contribution < -0.4 is 10.1 Å². The first-order chi connectivity index (χ1) is 14.4. The molecule has 158 valence electrons. The Balaban J connectivity index is 1.64. The minimum Gasteiger partial charge on any atom is -0.483 e. The van der Waals surface area contributed by atoms with Gasteiger partial charge in [0, 0.05) is 12.2 Å². The molecule has 0 bridgehead atoms. The van der Waals surface area contributed by atoms with Crippen LogP contribution in [0.25, 0.3) is 0 Å². The number of anilines is 1. The number of ether oxygens (including phenoxy) is 1. The summed E-state index contributed by atoms with van der Waals surface area (Å²) < 4.78 is 20.9. The molecule has 1 unspecified atom stereocenters. The highest BCUT2D eigenvalue weighted by Crippen LogP contribution is 2.25. The Morgan fingerprint density at radius 1 is 1.20 bits per heavy atom. The lowest BCUT2D eigenvalue weighted by molar-refractivity contribution is -0.113. The van der Waals surface area contributed by atoms with Gasteiger partial charge in [-0.2, -0.15) is 0 Å². The Hall–Kier alpha value is -2.87. The first kappa shape index (κ1) is 21.8. The van der Waals surface area contributed by atoms with E-state index in [1.165, 1.54) is 23.9 Å². The zero-order chi connectivity index (χ0) is 21.7. The zero-order valence-electron chi connectivity index (χ0n) is 17.5. The number of carbonyl (C=O) groups excluding carboxylic acids is 1. The van der Waals surface area contributed by atoms with Crippen molar-refractivity contribution in [2.24, 2.45) is 0 Å². The van der Waals surface area contributed by atoms with Gasteiger partial charge in [-0.15, -0.1) is 10.2 Å². The first-order valence-corrected chi connectivity index (χ1v) is 10.7. The summed E-state index contributed by atoms with van der Waals surface area (Å²) in [5.41, 5.74) is 2.93. The van der Waals surface area contributed by atoms with Gasteiger partial charge in [0.05, 0.1) is 5.75 Å². The lowest BCUT2D eigenvalue weighted by atomic mass is 10.1. The van der Waals surface area contributed by atoms with E-state index in [2.05, 4.69) is 15.5 Å². The van der Waals surface area contributed by atoms with Crippen molar-refractivity contribution in [2.45, 2.75) is 45.5 Å². The number of hydrogen-bond acceptors (Lipinski definition) is 5. The topological polar surface area (TPSA) is 69.0 Å². The lowest BCUT2D eigenvalue weighted by Gasteiger charge is -2.15. The molecule has 8 heteroatoms. The Bertz CT molecular complexity index is 1020. The van der Waals surface area contributed by atoms with Crippen molar-refractivity contribution in [1.82, 2.24) is 14.8 Å². The second kappa shape index (κ2) is 9.75. The lowest BCUT2D eigenvalue weighted by Crippen LogP contribution is -2.16. The highest BCUT2D eigenvalue weighted by Gasteiger charge is 2.19. The van der Waals surface area contributed by atoms with Crippen LogP contribution in [0.2, 0.25) is 0 Å². The second-order valence-electron chi connectivity index (χ2n) is 6.95. The molecule has 0 saturated carbocycles. The number of benzene rings is 2. The fourth-order valence-corrected chi connectivity index (χ4v) is 3.77. The Labute approximate surface area is 179 Å². The van der Waals surface area contributed by atoms with Gasteiger partial charge < -0.3 is 14.6 Å². The third-order valence-electron chi connectivity index (χ3n) is 4.55. The molecule has 1 heterocycles. The summed E-state index contributed by atoms with van der Waals surface area (Å²) in [6, 6.07) is 11.8. The van der Waals surface area contributed by atoms with Crippen LogP contribution in [0, 0.1) is 19.7 Å². The summed E-state index contributed by atoms with van der Waals surface area (Å²) in [5.74, 6) is 1.01. The number of carbonyl (C=O) groups is 1. The van der Waals surface area contributed by atoms with E-state index in [0.717, 1.165) is 16.8 Å². The van der Waals surface area contributed by atoms with Crippen molar-refractivity contribution in [3.05, 3.63) is 65.2 Å². The summed E-state index contributed by atoms with van der Waals surface area (Å²) in [7, 11) is 0. The van der Waals surface area contributed by atoms with Gasteiger partial charge in [-0.05, 0) is 69.2 Å². The van der Waals surface area contributed by atoms with Gasteiger partial charge in [0.15, 0.2) is 17.1 Å². The maximum absolute atomic E-state index is 13.1. The summed E-state index contributed by atoms with van der Waals surface area (Å²) in [5, 5.41) is 12.1. The van der Waals surface area contributed by atoms with Crippen LogP contribution >= 0.6 is 11.8 Å². The van der Waals surface area contributed by atoms with E-state index < -0.39 is 0 Å². The Morgan fingerprint density at radius 2 is 1.93 bits per heavy atom. The summed E-state index contributed by atoms with van der Waals surface area (Å²) in [6.07, 6.45) is -0.374. The quantitative estimate of drug-likeness (QED) is 0.516. The van der Waals surface area contributed by atoms with E-state index in [-0.39, 0.29) is 23.6 Å². The van der Waals surface area contributed by atoms with Gasteiger partial charge in [0.2, 0.25) is 5.91 Å². The molecule has 0 saturated heterocycles. The standard InChI is InChI=1S/C22H25FN4O2S/c1-5-27-21(16(4)29-18-10-8-17(23)9-11-18)25-26-22(27)30-13-20(28)24-19-12-14(2)6-7-15(19)3/h6-12,16H,5,13H2,1-4H3,(H,24,28). The number of amides is 1. The third kappa shape index (κ3) is 5.38. The minimum absolute atomic E-state index is 0.100. The van der Waals surface area contributed by atoms with Crippen molar-refractivity contribution in [2.75, 3.05) is 11.1 Å². The molecule has 1 amide bonds. The average molecular weight is 429 g/mol.